The number of amides is 2. The maximum absolute atomic E-state index is 12.2. The lowest BCUT2D eigenvalue weighted by Crippen LogP contribution is -2.46. The predicted molar refractivity (Wildman–Crippen MR) is 88.6 cm³/mol. The van der Waals surface area contributed by atoms with E-state index in [1.807, 2.05) is 0 Å². The van der Waals surface area contributed by atoms with E-state index in [1.165, 1.54) is 12.7 Å². The zero-order chi connectivity index (χ0) is 16.8. The van der Waals surface area contributed by atoms with Crippen LogP contribution < -0.4 is 5.32 Å². The van der Waals surface area contributed by atoms with Crippen LogP contribution in [0.15, 0.2) is 22.8 Å². The number of furan rings is 1. The lowest BCUT2D eigenvalue weighted by atomic mass is 10.0. The van der Waals surface area contributed by atoms with E-state index >= 15 is 0 Å². The Balaban J connectivity index is 1.35. The fourth-order valence-electron chi connectivity index (χ4n) is 3.41. The zero-order valence-corrected chi connectivity index (χ0v) is 14.0. The van der Waals surface area contributed by atoms with Gasteiger partial charge in [-0.15, -0.1) is 0 Å². The van der Waals surface area contributed by atoms with Gasteiger partial charge in [-0.25, -0.2) is 0 Å². The molecule has 0 saturated carbocycles. The summed E-state index contributed by atoms with van der Waals surface area (Å²) in [5, 5.41) is 3.10. The number of hydrogen-bond donors (Lipinski definition) is 1. The monoisotopic (exact) mass is 334 g/mol. The molecule has 0 aliphatic carbocycles. The standard InChI is InChI=1S/C18H26N2O4/c21-17(7-6-15-4-1-2-12-23-15)19-14-8-10-20(11-9-14)18(22)16-5-3-13-24-16/h3,5,13-15H,1-2,4,6-12H2,(H,19,21). The fraction of sp³-hybridized carbons (Fsp3) is 0.667. The van der Waals surface area contributed by atoms with Crippen molar-refractivity contribution in [3.8, 4) is 0 Å². The van der Waals surface area contributed by atoms with Crippen molar-refractivity contribution in [2.45, 2.75) is 57.1 Å². The number of nitrogens with one attached hydrogen (secondary N) is 1. The first-order valence-electron chi connectivity index (χ1n) is 8.96. The number of likely N-dealkylation sites (tertiary alicyclic amines) is 1. The normalized spacial score (nSPS) is 22.3. The van der Waals surface area contributed by atoms with Crippen molar-refractivity contribution in [1.82, 2.24) is 10.2 Å². The average molecular weight is 334 g/mol. The molecule has 6 heteroatoms. The SMILES string of the molecule is O=C(CCC1CCCCO1)NC1CCN(C(=O)c2ccco2)CC1. The van der Waals surface area contributed by atoms with Crippen LogP contribution in [0.4, 0.5) is 0 Å². The first kappa shape index (κ1) is 17.0. The van der Waals surface area contributed by atoms with Crippen molar-refractivity contribution in [2.75, 3.05) is 19.7 Å². The van der Waals surface area contributed by atoms with Gasteiger partial charge in [-0.1, -0.05) is 0 Å². The summed E-state index contributed by atoms with van der Waals surface area (Å²) in [5.41, 5.74) is 0. The topological polar surface area (TPSA) is 71.8 Å². The van der Waals surface area contributed by atoms with Crippen LogP contribution in [-0.4, -0.2) is 48.6 Å². The molecule has 2 saturated heterocycles. The summed E-state index contributed by atoms with van der Waals surface area (Å²) in [6.07, 6.45) is 8.08. The van der Waals surface area contributed by atoms with E-state index in [2.05, 4.69) is 5.32 Å². The summed E-state index contributed by atoms with van der Waals surface area (Å²) in [5.74, 6) is 0.407. The number of carbonyl (C=O) groups is 2. The Kier molecular flexibility index (Phi) is 5.91. The molecule has 2 fully saturated rings. The molecule has 1 aromatic heterocycles. The van der Waals surface area contributed by atoms with Crippen LogP contribution in [0.3, 0.4) is 0 Å². The van der Waals surface area contributed by atoms with Crippen molar-refractivity contribution >= 4 is 11.8 Å². The first-order valence-corrected chi connectivity index (χ1v) is 8.96. The highest BCUT2D eigenvalue weighted by Gasteiger charge is 2.26. The van der Waals surface area contributed by atoms with E-state index in [0.717, 1.165) is 38.7 Å². The summed E-state index contributed by atoms with van der Waals surface area (Å²) < 4.78 is 10.8. The third-order valence-corrected chi connectivity index (χ3v) is 4.85. The second kappa shape index (κ2) is 8.33. The minimum atomic E-state index is -0.0702. The molecule has 2 aliphatic heterocycles. The molecule has 0 spiro atoms. The first-order chi connectivity index (χ1) is 11.7. The minimum absolute atomic E-state index is 0.0702. The Hall–Kier alpha value is -1.82. The van der Waals surface area contributed by atoms with Crippen LogP contribution in [0.1, 0.15) is 55.5 Å². The van der Waals surface area contributed by atoms with Gasteiger partial charge in [0.1, 0.15) is 0 Å². The van der Waals surface area contributed by atoms with Gasteiger partial charge in [0, 0.05) is 32.2 Å². The smallest absolute Gasteiger partial charge is 0.289 e. The molecule has 1 aromatic rings. The van der Waals surface area contributed by atoms with Crippen LogP contribution in [0.25, 0.3) is 0 Å². The number of carbonyl (C=O) groups excluding carboxylic acids is 2. The molecule has 2 aliphatic rings. The molecule has 1 N–H and O–H groups in total. The highest BCUT2D eigenvalue weighted by molar-refractivity contribution is 5.91. The highest BCUT2D eigenvalue weighted by atomic mass is 16.5. The fourth-order valence-corrected chi connectivity index (χ4v) is 3.41. The Morgan fingerprint density at radius 3 is 2.71 bits per heavy atom. The molecule has 0 bridgehead atoms. The number of rotatable bonds is 5. The van der Waals surface area contributed by atoms with E-state index < -0.39 is 0 Å². The maximum Gasteiger partial charge on any atom is 0.289 e. The third kappa shape index (κ3) is 4.60. The van der Waals surface area contributed by atoms with Crippen LogP contribution >= 0.6 is 0 Å². The third-order valence-electron chi connectivity index (χ3n) is 4.85. The van der Waals surface area contributed by atoms with E-state index in [-0.39, 0.29) is 24.0 Å². The zero-order valence-electron chi connectivity index (χ0n) is 14.0. The largest absolute Gasteiger partial charge is 0.459 e. The molecule has 3 heterocycles. The molecule has 1 unspecified atom stereocenters. The van der Waals surface area contributed by atoms with Gasteiger partial charge in [-0.3, -0.25) is 9.59 Å². The van der Waals surface area contributed by atoms with Crippen molar-refractivity contribution in [3.05, 3.63) is 24.2 Å². The number of piperidine rings is 1. The molecule has 0 aromatic carbocycles. The van der Waals surface area contributed by atoms with Crippen molar-refractivity contribution in [2.24, 2.45) is 0 Å². The lowest BCUT2D eigenvalue weighted by Gasteiger charge is -2.32. The van der Waals surface area contributed by atoms with E-state index in [4.69, 9.17) is 9.15 Å². The lowest BCUT2D eigenvalue weighted by molar-refractivity contribution is -0.123. The van der Waals surface area contributed by atoms with Crippen molar-refractivity contribution in [1.29, 1.82) is 0 Å². The van der Waals surface area contributed by atoms with Gasteiger partial charge in [0.25, 0.3) is 5.91 Å². The van der Waals surface area contributed by atoms with E-state index in [0.29, 0.717) is 25.3 Å². The van der Waals surface area contributed by atoms with Crippen LogP contribution in [-0.2, 0) is 9.53 Å². The predicted octanol–water partition coefficient (Wildman–Crippen LogP) is 2.35. The summed E-state index contributed by atoms with van der Waals surface area (Å²) >= 11 is 0. The highest BCUT2D eigenvalue weighted by Crippen LogP contribution is 2.18. The summed E-state index contributed by atoms with van der Waals surface area (Å²) in [6.45, 7) is 2.13. The second-order valence-corrected chi connectivity index (χ2v) is 6.64. The summed E-state index contributed by atoms with van der Waals surface area (Å²) in [6, 6.07) is 3.56. The number of ether oxygens (including phenoxy) is 1. The number of hydrogen-bond acceptors (Lipinski definition) is 4. The van der Waals surface area contributed by atoms with Crippen molar-refractivity contribution < 1.29 is 18.7 Å². The van der Waals surface area contributed by atoms with Gasteiger partial charge in [-0.05, 0) is 50.7 Å². The molecule has 3 rings (SSSR count). The molecular formula is C18H26N2O4. The van der Waals surface area contributed by atoms with E-state index in [9.17, 15) is 9.59 Å². The van der Waals surface area contributed by atoms with Crippen molar-refractivity contribution in [3.63, 3.8) is 0 Å². The van der Waals surface area contributed by atoms with Crippen LogP contribution in [0, 0.1) is 0 Å². The van der Waals surface area contributed by atoms with Gasteiger partial charge in [0.05, 0.1) is 12.4 Å². The Bertz CT molecular complexity index is 529. The van der Waals surface area contributed by atoms with Gasteiger partial charge >= 0.3 is 0 Å². The molecule has 24 heavy (non-hydrogen) atoms. The Morgan fingerprint density at radius 2 is 2.04 bits per heavy atom. The molecular weight excluding hydrogens is 308 g/mol. The molecule has 2 amide bonds. The molecule has 1 atom stereocenters. The quantitative estimate of drug-likeness (QED) is 0.897. The molecule has 6 nitrogen and oxygen atoms in total. The summed E-state index contributed by atoms with van der Waals surface area (Å²) in [4.78, 5) is 26.1. The summed E-state index contributed by atoms with van der Waals surface area (Å²) in [7, 11) is 0. The van der Waals surface area contributed by atoms with Crippen LogP contribution in [0.2, 0.25) is 0 Å². The average Bonchev–Trinajstić information content (AvgIpc) is 3.16. The van der Waals surface area contributed by atoms with Gasteiger partial charge in [0.2, 0.25) is 5.91 Å². The van der Waals surface area contributed by atoms with Gasteiger partial charge in [-0.2, -0.15) is 0 Å². The second-order valence-electron chi connectivity index (χ2n) is 6.64. The minimum Gasteiger partial charge on any atom is -0.459 e. The van der Waals surface area contributed by atoms with E-state index in [1.54, 1.807) is 17.0 Å². The maximum atomic E-state index is 12.2. The van der Waals surface area contributed by atoms with Gasteiger partial charge < -0.3 is 19.4 Å². The van der Waals surface area contributed by atoms with Gasteiger partial charge in [0.15, 0.2) is 5.76 Å². The number of nitrogens with zero attached hydrogens (tertiary/aromatic N) is 1. The molecule has 132 valence electrons. The molecule has 0 radical (unpaired) electrons. The Morgan fingerprint density at radius 1 is 1.21 bits per heavy atom. The Labute approximate surface area is 142 Å². The van der Waals surface area contributed by atoms with Crippen LogP contribution in [0.5, 0.6) is 0 Å².